The van der Waals surface area contributed by atoms with Gasteiger partial charge in [-0.1, -0.05) is 0 Å². The normalized spacial score (nSPS) is 53.4. The summed E-state index contributed by atoms with van der Waals surface area (Å²) >= 11 is 0. The van der Waals surface area contributed by atoms with E-state index in [0.717, 1.165) is 12.8 Å². The first-order valence-electron chi connectivity index (χ1n) is 9.17. The third-order valence-corrected chi connectivity index (χ3v) is 7.74. The average Bonchev–Trinajstić information content (AvgIpc) is 2.82. The van der Waals surface area contributed by atoms with Crippen LogP contribution in [0.15, 0.2) is 0 Å². The van der Waals surface area contributed by atoms with Crippen LogP contribution in [0.1, 0.15) is 38.5 Å². The maximum Gasteiger partial charge on any atom is 0.339 e. The Morgan fingerprint density at radius 2 is 2.12 bits per heavy atom. The summed E-state index contributed by atoms with van der Waals surface area (Å²) in [5, 5.41) is 11.0. The number of methoxy groups -OCH3 is 1. The molecule has 4 saturated carbocycles. The van der Waals surface area contributed by atoms with Crippen molar-refractivity contribution in [3.8, 4) is 0 Å². The lowest BCUT2D eigenvalue weighted by molar-refractivity contribution is -0.260. The molecule has 0 amide bonds. The minimum Gasteiger partial charge on any atom is -0.463 e. The Kier molecular flexibility index (Phi) is 3.25. The smallest absolute Gasteiger partial charge is 0.339 e. The van der Waals surface area contributed by atoms with E-state index in [9.17, 15) is 14.7 Å². The summed E-state index contributed by atoms with van der Waals surface area (Å²) in [7, 11) is 1.59. The van der Waals surface area contributed by atoms with E-state index < -0.39 is 28.6 Å². The number of hydrogen-bond acceptors (Lipinski definition) is 7. The maximum absolute atomic E-state index is 12.9. The van der Waals surface area contributed by atoms with Crippen LogP contribution in [0.25, 0.3) is 0 Å². The van der Waals surface area contributed by atoms with Crippen molar-refractivity contribution in [1.82, 2.24) is 0 Å². The zero-order chi connectivity index (χ0) is 17.4. The number of cyclic esters (lactones) is 1. The summed E-state index contributed by atoms with van der Waals surface area (Å²) in [6.07, 6.45) is 1.97. The number of ether oxygens (including phenoxy) is 4. The molecule has 138 valence electrons. The Balaban J connectivity index is 1.65. The number of ketones is 1. The summed E-state index contributed by atoms with van der Waals surface area (Å²) in [4.78, 5) is 25.5. The number of hydrogen-bond donors (Lipinski definition) is 1. The molecule has 6 rings (SSSR count). The molecule has 6 aliphatic rings. The molecule has 0 aromatic rings. The zero-order valence-corrected chi connectivity index (χ0v) is 14.4. The SMILES string of the molecule is COCOC1CC23CCC1C[C@@]21O[C@@H]2C(=O)CCC(O)C23COC1=O. The first-order valence-corrected chi connectivity index (χ1v) is 9.17. The van der Waals surface area contributed by atoms with Gasteiger partial charge in [0.15, 0.2) is 11.4 Å². The summed E-state index contributed by atoms with van der Waals surface area (Å²) in [6.45, 7) is 0.264. The Bertz CT molecular complexity index is 635. The second kappa shape index (κ2) is 5.03. The van der Waals surface area contributed by atoms with Gasteiger partial charge < -0.3 is 24.1 Å². The lowest BCUT2D eigenvalue weighted by Gasteiger charge is -2.64. The summed E-state index contributed by atoms with van der Waals surface area (Å²) < 4.78 is 22.8. The number of carbonyl (C=O) groups excluding carboxylic acids is 2. The molecule has 4 bridgehead atoms. The van der Waals surface area contributed by atoms with Crippen LogP contribution >= 0.6 is 0 Å². The largest absolute Gasteiger partial charge is 0.463 e. The molecule has 7 nitrogen and oxygen atoms in total. The fraction of sp³-hybridized carbons (Fsp3) is 0.889. The first kappa shape index (κ1) is 16.2. The van der Waals surface area contributed by atoms with Crippen molar-refractivity contribution in [3.05, 3.63) is 0 Å². The molecule has 6 fully saturated rings. The van der Waals surface area contributed by atoms with Crippen molar-refractivity contribution in [3.63, 3.8) is 0 Å². The molecule has 2 saturated heterocycles. The van der Waals surface area contributed by atoms with Crippen molar-refractivity contribution in [2.75, 3.05) is 20.5 Å². The molecule has 2 heterocycles. The van der Waals surface area contributed by atoms with Gasteiger partial charge >= 0.3 is 5.97 Å². The number of aliphatic hydroxyl groups excluding tert-OH is 1. The van der Waals surface area contributed by atoms with Gasteiger partial charge in [-0.3, -0.25) is 4.79 Å². The second-order valence-corrected chi connectivity index (χ2v) is 8.36. The molecular formula is C18H24O7. The van der Waals surface area contributed by atoms with Gasteiger partial charge in [-0.25, -0.2) is 4.79 Å². The summed E-state index contributed by atoms with van der Waals surface area (Å²) in [5.74, 6) is -0.195. The highest BCUT2D eigenvalue weighted by atomic mass is 16.7. The van der Waals surface area contributed by atoms with Crippen LogP contribution in [0.3, 0.4) is 0 Å². The van der Waals surface area contributed by atoms with Gasteiger partial charge in [0.1, 0.15) is 19.5 Å². The number of Topliss-reactive ketones (excluding diaryl/α,β-unsaturated/α-hetero) is 1. The van der Waals surface area contributed by atoms with E-state index in [4.69, 9.17) is 18.9 Å². The van der Waals surface area contributed by atoms with Gasteiger partial charge in [-0.15, -0.1) is 0 Å². The predicted molar refractivity (Wildman–Crippen MR) is 82.4 cm³/mol. The molecule has 0 aromatic heterocycles. The highest BCUT2D eigenvalue weighted by Crippen LogP contribution is 2.75. The molecular weight excluding hydrogens is 328 g/mol. The van der Waals surface area contributed by atoms with Crippen LogP contribution in [0.4, 0.5) is 0 Å². The molecule has 2 aliphatic heterocycles. The molecule has 1 N–H and O–H groups in total. The second-order valence-electron chi connectivity index (χ2n) is 8.36. The minimum atomic E-state index is -1.10. The quantitative estimate of drug-likeness (QED) is 0.586. The fourth-order valence-electron chi connectivity index (χ4n) is 6.71. The van der Waals surface area contributed by atoms with Gasteiger partial charge in [0, 0.05) is 18.9 Å². The van der Waals surface area contributed by atoms with Crippen LogP contribution < -0.4 is 0 Å². The van der Waals surface area contributed by atoms with E-state index in [1.54, 1.807) is 7.11 Å². The third-order valence-electron chi connectivity index (χ3n) is 7.74. The first-order chi connectivity index (χ1) is 12.0. The molecule has 7 heteroatoms. The minimum absolute atomic E-state index is 0.00967. The van der Waals surface area contributed by atoms with Gasteiger partial charge in [0.25, 0.3) is 0 Å². The molecule has 7 atom stereocenters. The van der Waals surface area contributed by atoms with Gasteiger partial charge in [-0.2, -0.15) is 0 Å². The molecule has 0 radical (unpaired) electrons. The van der Waals surface area contributed by atoms with Crippen LogP contribution in [0.5, 0.6) is 0 Å². The zero-order valence-electron chi connectivity index (χ0n) is 14.4. The van der Waals surface area contributed by atoms with E-state index in [2.05, 4.69) is 0 Å². The Labute approximate surface area is 145 Å². The molecule has 4 aliphatic carbocycles. The fourth-order valence-corrected chi connectivity index (χ4v) is 6.71. The average molecular weight is 352 g/mol. The van der Waals surface area contributed by atoms with Crippen LogP contribution in [0.2, 0.25) is 0 Å². The number of esters is 1. The van der Waals surface area contributed by atoms with E-state index in [0.29, 0.717) is 25.7 Å². The van der Waals surface area contributed by atoms with Crippen molar-refractivity contribution in [2.24, 2.45) is 16.7 Å². The van der Waals surface area contributed by atoms with Crippen molar-refractivity contribution < 1.29 is 33.6 Å². The monoisotopic (exact) mass is 352 g/mol. The summed E-state index contributed by atoms with van der Waals surface area (Å²) in [6, 6.07) is 0. The standard InChI is InChI=1S/C18H24O7/c1-22-9-24-12-7-16-5-4-10(12)6-18(16)15(21)23-8-17(16)13(20)3-2-11(19)14(17)25-18/h10,12-14,20H,2-9H2,1H3/t10?,12?,13?,14-,16?,17?,18+/m1/s1. The highest BCUT2D eigenvalue weighted by molar-refractivity contribution is 5.91. The molecule has 25 heavy (non-hydrogen) atoms. The number of fused-ring (bicyclic) bond motifs is 2. The molecule has 2 spiro atoms. The van der Waals surface area contributed by atoms with Gasteiger partial charge in [0.2, 0.25) is 0 Å². The lowest BCUT2D eigenvalue weighted by Crippen LogP contribution is -2.73. The van der Waals surface area contributed by atoms with Crippen molar-refractivity contribution >= 4 is 11.8 Å². The maximum atomic E-state index is 12.9. The Hall–Kier alpha value is -1.02. The van der Waals surface area contributed by atoms with Crippen molar-refractivity contribution in [1.29, 1.82) is 0 Å². The van der Waals surface area contributed by atoms with E-state index >= 15 is 0 Å². The number of carbonyl (C=O) groups is 2. The van der Waals surface area contributed by atoms with E-state index in [1.807, 2.05) is 0 Å². The van der Waals surface area contributed by atoms with Crippen molar-refractivity contribution in [2.45, 2.75) is 62.4 Å². The van der Waals surface area contributed by atoms with E-state index in [-0.39, 0.29) is 37.2 Å². The predicted octanol–water partition coefficient (Wildman–Crippen LogP) is 0.570. The Morgan fingerprint density at radius 3 is 2.92 bits per heavy atom. The number of rotatable bonds is 3. The third kappa shape index (κ3) is 1.62. The molecule has 0 aromatic carbocycles. The summed E-state index contributed by atoms with van der Waals surface area (Å²) in [5.41, 5.74) is -2.54. The highest BCUT2D eigenvalue weighted by Gasteiger charge is 2.85. The lowest BCUT2D eigenvalue weighted by atomic mass is 9.40. The van der Waals surface area contributed by atoms with Crippen LogP contribution in [-0.2, 0) is 28.5 Å². The van der Waals surface area contributed by atoms with Gasteiger partial charge in [-0.05, 0) is 38.0 Å². The Morgan fingerprint density at radius 1 is 1.28 bits per heavy atom. The topological polar surface area (TPSA) is 91.3 Å². The van der Waals surface area contributed by atoms with E-state index in [1.165, 1.54) is 0 Å². The van der Waals surface area contributed by atoms with Crippen LogP contribution in [-0.4, -0.2) is 61.3 Å². The number of aliphatic hydroxyl groups is 1. The molecule has 5 unspecified atom stereocenters. The van der Waals surface area contributed by atoms with Crippen LogP contribution in [0, 0.1) is 16.7 Å². The van der Waals surface area contributed by atoms with Gasteiger partial charge in [0.05, 0.1) is 17.6 Å².